The number of hydrogen-bond donors (Lipinski definition) is 1. The molecule has 2 saturated heterocycles. The molecule has 1 N–H and O–H groups in total. The molecule has 0 radical (unpaired) electrons. The molecule has 3 aliphatic rings. The number of nitrogens with one attached hydrogen (secondary N) is 1. The van der Waals surface area contributed by atoms with Gasteiger partial charge in [-0.3, -0.25) is 0 Å². The van der Waals surface area contributed by atoms with Gasteiger partial charge in [0.05, 0.1) is 22.0 Å². The van der Waals surface area contributed by atoms with Gasteiger partial charge in [-0.2, -0.15) is 5.10 Å². The van der Waals surface area contributed by atoms with E-state index in [4.69, 9.17) is 21.1 Å². The van der Waals surface area contributed by atoms with Crippen molar-refractivity contribution in [1.29, 1.82) is 0 Å². The van der Waals surface area contributed by atoms with Crippen LogP contribution in [0.15, 0.2) is 37.2 Å². The predicted molar refractivity (Wildman–Crippen MR) is 133 cm³/mol. The Kier molecular flexibility index (Phi) is 5.70. The van der Waals surface area contributed by atoms with Crippen molar-refractivity contribution in [3.8, 4) is 11.6 Å². The lowest BCUT2D eigenvalue weighted by atomic mass is 10.0. The normalized spacial score (nSPS) is 23.9. The van der Waals surface area contributed by atoms with Gasteiger partial charge in [-0.25, -0.2) is 24.4 Å². The van der Waals surface area contributed by atoms with Gasteiger partial charge in [-0.05, 0) is 57.7 Å². The minimum Gasteiger partial charge on any atom is -0.474 e. The van der Waals surface area contributed by atoms with Crippen LogP contribution in [0.2, 0.25) is 5.02 Å². The van der Waals surface area contributed by atoms with E-state index in [1.165, 1.54) is 12.7 Å². The Bertz CT molecular complexity index is 1270. The Balaban J connectivity index is 1.13. The summed E-state index contributed by atoms with van der Waals surface area (Å²) in [4.78, 5) is 27.5. The maximum absolute atomic E-state index is 12.8. The van der Waals surface area contributed by atoms with Crippen LogP contribution in [0.5, 0.6) is 5.88 Å². The fourth-order valence-electron chi connectivity index (χ4n) is 5.12. The molecule has 2 aliphatic heterocycles. The van der Waals surface area contributed by atoms with Gasteiger partial charge in [-0.15, -0.1) is 0 Å². The standard InChI is InChI=1S/C25H28ClN7O3/c1-15-22(31-21-6-5-16(11-20(21)26)32-14-27-12-30-32)28-13-29-23(15)35-19-9-17-3-4-18(10-19)33(17)24(34)36-25(2)7-8-25/h5-6,11-14,17-19H,3-4,7-10H2,1-2H3,(H,28,29,31). The summed E-state index contributed by atoms with van der Waals surface area (Å²) in [6.07, 6.45) is 9.79. The molecule has 11 heteroatoms. The average Bonchev–Trinajstić information content (AvgIpc) is 3.23. The highest BCUT2D eigenvalue weighted by atomic mass is 35.5. The molecular formula is C25H28ClN7O3. The molecule has 3 aromatic rings. The summed E-state index contributed by atoms with van der Waals surface area (Å²) in [5.41, 5.74) is 2.06. The third-order valence-corrected chi connectivity index (χ3v) is 7.71. The summed E-state index contributed by atoms with van der Waals surface area (Å²) in [7, 11) is 0. The highest BCUT2D eigenvalue weighted by Gasteiger charge is 2.49. The van der Waals surface area contributed by atoms with E-state index >= 15 is 0 Å². The van der Waals surface area contributed by atoms with E-state index in [-0.39, 0.29) is 29.9 Å². The number of benzene rings is 1. The number of piperidine rings is 1. The van der Waals surface area contributed by atoms with E-state index in [9.17, 15) is 4.79 Å². The molecule has 36 heavy (non-hydrogen) atoms. The molecule has 3 fully saturated rings. The van der Waals surface area contributed by atoms with Crippen LogP contribution in [0.3, 0.4) is 0 Å². The number of carbonyl (C=O) groups is 1. The van der Waals surface area contributed by atoms with E-state index in [1.54, 1.807) is 11.0 Å². The molecule has 2 aromatic heterocycles. The quantitative estimate of drug-likeness (QED) is 0.503. The number of nitrogens with zero attached hydrogens (tertiary/aromatic N) is 6. The second-order valence-electron chi connectivity index (χ2n) is 10.1. The smallest absolute Gasteiger partial charge is 0.410 e. The third-order valence-electron chi connectivity index (χ3n) is 7.39. The van der Waals surface area contributed by atoms with Crippen molar-refractivity contribution >= 4 is 29.2 Å². The summed E-state index contributed by atoms with van der Waals surface area (Å²) in [6, 6.07) is 5.87. The van der Waals surface area contributed by atoms with Crippen molar-refractivity contribution in [2.75, 3.05) is 5.32 Å². The molecule has 10 nitrogen and oxygen atoms in total. The lowest BCUT2D eigenvalue weighted by Crippen LogP contribution is -2.50. The Morgan fingerprint density at radius 3 is 2.61 bits per heavy atom. The Hall–Kier alpha value is -3.40. The van der Waals surface area contributed by atoms with Gasteiger partial charge in [0.1, 0.15) is 36.5 Å². The molecule has 2 bridgehead atoms. The van der Waals surface area contributed by atoms with Gasteiger partial charge in [0.25, 0.3) is 0 Å². The van der Waals surface area contributed by atoms with Gasteiger partial charge in [0.2, 0.25) is 5.88 Å². The number of amides is 1. The van der Waals surface area contributed by atoms with E-state index in [0.717, 1.165) is 49.8 Å². The molecule has 1 aliphatic carbocycles. The first kappa shape index (κ1) is 23.0. The fraction of sp³-hybridized carbons (Fsp3) is 0.480. The van der Waals surface area contributed by atoms with E-state index in [0.29, 0.717) is 22.4 Å². The molecule has 1 aromatic carbocycles. The number of anilines is 2. The van der Waals surface area contributed by atoms with Gasteiger partial charge in [0.15, 0.2) is 0 Å². The van der Waals surface area contributed by atoms with Crippen LogP contribution in [0.1, 0.15) is 51.0 Å². The van der Waals surface area contributed by atoms with Crippen molar-refractivity contribution in [3.63, 3.8) is 0 Å². The van der Waals surface area contributed by atoms with Crippen molar-refractivity contribution in [3.05, 3.63) is 47.8 Å². The zero-order valence-electron chi connectivity index (χ0n) is 20.2. The number of ether oxygens (including phenoxy) is 2. The molecule has 6 rings (SSSR count). The van der Waals surface area contributed by atoms with Crippen molar-refractivity contribution < 1.29 is 14.3 Å². The zero-order valence-corrected chi connectivity index (χ0v) is 21.0. The number of fused-ring (bicyclic) bond motifs is 2. The van der Waals surface area contributed by atoms with Crippen molar-refractivity contribution in [2.45, 2.75) is 76.2 Å². The molecule has 1 saturated carbocycles. The highest BCUT2D eigenvalue weighted by molar-refractivity contribution is 6.33. The molecule has 2 unspecified atom stereocenters. The lowest BCUT2D eigenvalue weighted by molar-refractivity contribution is 0.0115. The van der Waals surface area contributed by atoms with Crippen LogP contribution < -0.4 is 10.1 Å². The van der Waals surface area contributed by atoms with Crippen molar-refractivity contribution in [2.24, 2.45) is 0 Å². The summed E-state index contributed by atoms with van der Waals surface area (Å²) < 4.78 is 13.8. The molecule has 188 valence electrons. The molecule has 1 amide bonds. The maximum atomic E-state index is 12.8. The van der Waals surface area contributed by atoms with Gasteiger partial charge >= 0.3 is 6.09 Å². The van der Waals surface area contributed by atoms with Gasteiger partial charge in [0, 0.05) is 24.9 Å². The van der Waals surface area contributed by atoms with Crippen LogP contribution in [0.4, 0.5) is 16.3 Å². The van der Waals surface area contributed by atoms with Crippen molar-refractivity contribution in [1.82, 2.24) is 29.6 Å². The van der Waals surface area contributed by atoms with Gasteiger partial charge in [-0.1, -0.05) is 11.6 Å². The Morgan fingerprint density at radius 1 is 1.17 bits per heavy atom. The molecule has 0 spiro atoms. The maximum Gasteiger partial charge on any atom is 0.410 e. The number of rotatable bonds is 6. The summed E-state index contributed by atoms with van der Waals surface area (Å²) >= 11 is 6.53. The average molecular weight is 510 g/mol. The van der Waals surface area contributed by atoms with E-state index in [2.05, 4.69) is 25.4 Å². The summed E-state index contributed by atoms with van der Waals surface area (Å²) in [6.45, 7) is 3.93. The number of hydrogen-bond acceptors (Lipinski definition) is 8. The van der Waals surface area contributed by atoms with Gasteiger partial charge < -0.3 is 19.7 Å². The summed E-state index contributed by atoms with van der Waals surface area (Å²) in [5, 5.41) is 7.95. The minimum atomic E-state index is -0.259. The first-order valence-corrected chi connectivity index (χ1v) is 12.7. The molecule has 2 atom stereocenters. The predicted octanol–water partition coefficient (Wildman–Crippen LogP) is 4.83. The van der Waals surface area contributed by atoms with Crippen LogP contribution in [0.25, 0.3) is 5.69 Å². The highest BCUT2D eigenvalue weighted by Crippen LogP contribution is 2.43. The van der Waals surface area contributed by atoms with Crippen LogP contribution in [-0.2, 0) is 4.74 Å². The Labute approximate surface area is 214 Å². The third kappa shape index (κ3) is 4.45. The van der Waals surface area contributed by atoms with Crippen LogP contribution in [0, 0.1) is 6.92 Å². The first-order valence-electron chi connectivity index (χ1n) is 12.3. The molecule has 4 heterocycles. The Morgan fingerprint density at radius 2 is 1.94 bits per heavy atom. The zero-order chi connectivity index (χ0) is 24.9. The largest absolute Gasteiger partial charge is 0.474 e. The van der Waals surface area contributed by atoms with E-state index in [1.807, 2.05) is 36.9 Å². The number of carbonyl (C=O) groups excluding carboxylic acids is 1. The minimum absolute atomic E-state index is 0.0185. The van der Waals surface area contributed by atoms with E-state index < -0.39 is 0 Å². The fourth-order valence-corrected chi connectivity index (χ4v) is 5.34. The lowest BCUT2D eigenvalue weighted by Gasteiger charge is -2.38. The number of aromatic nitrogens is 5. The second-order valence-corrected chi connectivity index (χ2v) is 10.5. The second kappa shape index (κ2) is 8.92. The summed E-state index contributed by atoms with van der Waals surface area (Å²) in [5.74, 6) is 1.16. The van der Waals surface area contributed by atoms with Crippen LogP contribution in [-0.4, -0.2) is 59.5 Å². The first-order chi connectivity index (χ1) is 17.4. The molecular weight excluding hydrogens is 482 g/mol. The van der Waals surface area contributed by atoms with Crippen LogP contribution >= 0.6 is 11.6 Å². The topological polar surface area (TPSA) is 107 Å². The SMILES string of the molecule is Cc1c(Nc2ccc(-n3cncn3)cc2Cl)ncnc1OC1CC2CCC(C1)N2C(=O)OC1(C)CC1. The monoisotopic (exact) mass is 509 g/mol. The number of halogens is 1.